The number of anilines is 1. The smallest absolute Gasteiger partial charge is 0.0470 e. The van der Waals surface area contributed by atoms with Crippen molar-refractivity contribution in [3.8, 4) is 0 Å². The quantitative estimate of drug-likeness (QED) is 0.741. The van der Waals surface area contributed by atoms with Crippen LogP contribution in [0, 0.1) is 0 Å². The summed E-state index contributed by atoms with van der Waals surface area (Å²) in [5.74, 6) is 0. The third kappa shape index (κ3) is 3.46. The van der Waals surface area contributed by atoms with E-state index in [4.69, 9.17) is 46.4 Å². The third-order valence-corrected chi connectivity index (χ3v) is 3.54. The molecule has 0 radical (unpaired) electrons. The summed E-state index contributed by atoms with van der Waals surface area (Å²) >= 11 is 24.0. The van der Waals surface area contributed by atoms with E-state index in [1.54, 1.807) is 30.3 Å². The summed E-state index contributed by atoms with van der Waals surface area (Å²) in [5, 5.41) is 5.60. The van der Waals surface area contributed by atoms with Gasteiger partial charge in [-0.3, -0.25) is 0 Å². The molecular formula is C13H9Cl4N. The number of rotatable bonds is 3. The van der Waals surface area contributed by atoms with Crippen LogP contribution < -0.4 is 5.32 Å². The van der Waals surface area contributed by atoms with Crippen LogP contribution >= 0.6 is 46.4 Å². The summed E-state index contributed by atoms with van der Waals surface area (Å²) in [7, 11) is 0. The third-order valence-electron chi connectivity index (χ3n) is 2.39. The summed E-state index contributed by atoms with van der Waals surface area (Å²) in [6, 6.07) is 10.7. The van der Waals surface area contributed by atoms with Crippen LogP contribution in [-0.2, 0) is 6.54 Å². The van der Waals surface area contributed by atoms with Crippen molar-refractivity contribution in [2.24, 2.45) is 0 Å². The van der Waals surface area contributed by atoms with Crippen molar-refractivity contribution in [3.05, 3.63) is 62.1 Å². The van der Waals surface area contributed by atoms with Crippen molar-refractivity contribution in [2.75, 3.05) is 5.32 Å². The van der Waals surface area contributed by atoms with E-state index in [0.717, 1.165) is 11.3 Å². The molecule has 1 N–H and O–H groups in total. The number of hydrogen-bond acceptors (Lipinski definition) is 1. The highest BCUT2D eigenvalue weighted by Crippen LogP contribution is 2.27. The van der Waals surface area contributed by atoms with Gasteiger partial charge in [-0.1, -0.05) is 52.5 Å². The van der Waals surface area contributed by atoms with Gasteiger partial charge in [0.1, 0.15) is 0 Å². The van der Waals surface area contributed by atoms with Gasteiger partial charge in [-0.05, 0) is 30.3 Å². The van der Waals surface area contributed by atoms with E-state index in [1.165, 1.54) is 0 Å². The molecule has 0 aromatic heterocycles. The van der Waals surface area contributed by atoms with E-state index in [-0.39, 0.29) is 0 Å². The van der Waals surface area contributed by atoms with E-state index < -0.39 is 0 Å². The van der Waals surface area contributed by atoms with Crippen molar-refractivity contribution < 1.29 is 0 Å². The van der Waals surface area contributed by atoms with Crippen LogP contribution in [-0.4, -0.2) is 0 Å². The zero-order valence-corrected chi connectivity index (χ0v) is 12.2. The first-order valence-corrected chi connectivity index (χ1v) is 6.70. The van der Waals surface area contributed by atoms with E-state index in [1.807, 2.05) is 6.07 Å². The molecule has 0 unspecified atom stereocenters. The second-order valence-electron chi connectivity index (χ2n) is 3.71. The van der Waals surface area contributed by atoms with Gasteiger partial charge >= 0.3 is 0 Å². The van der Waals surface area contributed by atoms with Crippen molar-refractivity contribution >= 4 is 52.1 Å². The molecule has 2 aromatic carbocycles. The van der Waals surface area contributed by atoms with Crippen molar-refractivity contribution in [1.29, 1.82) is 0 Å². The largest absolute Gasteiger partial charge is 0.381 e. The minimum atomic E-state index is 0.509. The Morgan fingerprint density at radius 3 is 1.94 bits per heavy atom. The average Bonchev–Trinajstić information content (AvgIpc) is 2.27. The Morgan fingerprint density at radius 2 is 1.39 bits per heavy atom. The first kappa shape index (κ1) is 13.8. The molecule has 5 heteroatoms. The topological polar surface area (TPSA) is 12.0 Å². The van der Waals surface area contributed by atoms with Crippen LogP contribution in [0.25, 0.3) is 0 Å². The fraction of sp³-hybridized carbons (Fsp3) is 0.0769. The molecule has 0 aliphatic rings. The lowest BCUT2D eigenvalue weighted by Gasteiger charge is -2.10. The van der Waals surface area contributed by atoms with Gasteiger partial charge in [0.05, 0.1) is 0 Å². The van der Waals surface area contributed by atoms with Gasteiger partial charge in [0.2, 0.25) is 0 Å². The summed E-state index contributed by atoms with van der Waals surface area (Å²) < 4.78 is 0. The van der Waals surface area contributed by atoms with E-state index in [9.17, 15) is 0 Å². The Balaban J connectivity index is 2.16. The van der Waals surface area contributed by atoms with Crippen LogP contribution in [0.5, 0.6) is 0 Å². The molecular weight excluding hydrogens is 312 g/mol. The maximum atomic E-state index is 6.08. The number of halogens is 4. The first-order valence-electron chi connectivity index (χ1n) is 5.19. The molecule has 0 atom stereocenters. The van der Waals surface area contributed by atoms with E-state index in [2.05, 4.69) is 5.32 Å². The van der Waals surface area contributed by atoms with Gasteiger partial charge in [-0.25, -0.2) is 0 Å². The van der Waals surface area contributed by atoms with E-state index >= 15 is 0 Å². The molecule has 0 saturated heterocycles. The standard InChI is InChI=1S/C13H9Cl4N/c14-8-4-9(15)6-10(5-8)18-7-11-12(16)2-1-3-13(11)17/h1-6,18H,7H2. The molecule has 0 heterocycles. The van der Waals surface area contributed by atoms with Gasteiger partial charge in [-0.2, -0.15) is 0 Å². The molecule has 0 aliphatic carbocycles. The molecule has 2 rings (SSSR count). The van der Waals surface area contributed by atoms with Crippen molar-refractivity contribution in [3.63, 3.8) is 0 Å². The molecule has 0 aliphatic heterocycles. The predicted octanol–water partition coefficient (Wildman–Crippen LogP) is 5.91. The highest BCUT2D eigenvalue weighted by molar-refractivity contribution is 6.36. The number of benzene rings is 2. The highest BCUT2D eigenvalue weighted by atomic mass is 35.5. The van der Waals surface area contributed by atoms with Gasteiger partial charge in [-0.15, -0.1) is 0 Å². The minimum Gasteiger partial charge on any atom is -0.381 e. The lowest BCUT2D eigenvalue weighted by Crippen LogP contribution is -2.00. The maximum absolute atomic E-state index is 6.08. The molecule has 0 bridgehead atoms. The fourth-order valence-corrected chi connectivity index (χ4v) is 2.60. The zero-order valence-electron chi connectivity index (χ0n) is 9.18. The van der Waals surface area contributed by atoms with Gasteiger partial charge < -0.3 is 5.32 Å². The Labute approximate surface area is 126 Å². The summed E-state index contributed by atoms with van der Waals surface area (Å²) in [5.41, 5.74) is 1.67. The zero-order chi connectivity index (χ0) is 13.1. The second-order valence-corrected chi connectivity index (χ2v) is 5.40. The highest BCUT2D eigenvalue weighted by Gasteiger charge is 2.05. The minimum absolute atomic E-state index is 0.509. The second kappa shape index (κ2) is 6.03. The van der Waals surface area contributed by atoms with Crippen LogP contribution in [0.2, 0.25) is 20.1 Å². The van der Waals surface area contributed by atoms with Crippen LogP contribution in [0.1, 0.15) is 5.56 Å². The lowest BCUT2D eigenvalue weighted by molar-refractivity contribution is 1.15. The predicted molar refractivity (Wildman–Crippen MR) is 80.3 cm³/mol. The lowest BCUT2D eigenvalue weighted by atomic mass is 10.2. The van der Waals surface area contributed by atoms with E-state index in [0.29, 0.717) is 26.6 Å². The van der Waals surface area contributed by atoms with Crippen LogP contribution in [0.3, 0.4) is 0 Å². The molecule has 1 nitrogen and oxygen atoms in total. The number of nitrogens with one attached hydrogen (secondary N) is 1. The van der Waals surface area contributed by atoms with Crippen LogP contribution in [0.15, 0.2) is 36.4 Å². The Kier molecular flexibility index (Phi) is 4.63. The average molecular weight is 321 g/mol. The SMILES string of the molecule is Clc1cc(Cl)cc(NCc2c(Cl)cccc2Cl)c1. The van der Waals surface area contributed by atoms with Crippen LogP contribution in [0.4, 0.5) is 5.69 Å². The Morgan fingerprint density at radius 1 is 0.833 bits per heavy atom. The van der Waals surface area contributed by atoms with Crippen molar-refractivity contribution in [2.45, 2.75) is 6.54 Å². The first-order chi connectivity index (χ1) is 8.56. The van der Waals surface area contributed by atoms with Gasteiger partial charge in [0.15, 0.2) is 0 Å². The van der Waals surface area contributed by atoms with Crippen molar-refractivity contribution in [1.82, 2.24) is 0 Å². The number of hydrogen-bond donors (Lipinski definition) is 1. The van der Waals surface area contributed by atoms with Gasteiger partial charge in [0, 0.05) is 37.9 Å². The van der Waals surface area contributed by atoms with Gasteiger partial charge in [0.25, 0.3) is 0 Å². The normalized spacial score (nSPS) is 10.4. The summed E-state index contributed by atoms with van der Waals surface area (Å²) in [6.45, 7) is 0.509. The summed E-state index contributed by atoms with van der Waals surface area (Å²) in [6.07, 6.45) is 0. The molecule has 2 aromatic rings. The molecule has 0 saturated carbocycles. The maximum Gasteiger partial charge on any atom is 0.0470 e. The molecule has 94 valence electrons. The fourth-order valence-electron chi connectivity index (χ4n) is 1.55. The molecule has 0 fully saturated rings. The molecule has 0 spiro atoms. The monoisotopic (exact) mass is 319 g/mol. The Hall–Kier alpha value is -0.600. The molecule has 0 amide bonds. The Bertz CT molecular complexity index is 528. The summed E-state index contributed by atoms with van der Waals surface area (Å²) in [4.78, 5) is 0. The molecule has 18 heavy (non-hydrogen) atoms.